The Morgan fingerprint density at radius 3 is 2.71 bits per heavy atom. The number of phenols is 1. The zero-order valence-electron chi connectivity index (χ0n) is 13.0. The van der Waals surface area contributed by atoms with Crippen molar-refractivity contribution in [3.8, 4) is 22.8 Å². The summed E-state index contributed by atoms with van der Waals surface area (Å²) in [5.74, 6) is 0.966. The number of carbonyl (C=O) groups is 1. The number of carbonyl (C=O) groups excluding carboxylic acids is 1. The van der Waals surface area contributed by atoms with Crippen molar-refractivity contribution >= 4 is 5.91 Å². The molecular weight excluding hydrogens is 308 g/mol. The van der Waals surface area contributed by atoms with E-state index in [0.717, 1.165) is 11.3 Å². The number of benzene rings is 2. The van der Waals surface area contributed by atoms with Crippen LogP contribution in [0.4, 0.5) is 0 Å². The predicted molar refractivity (Wildman–Crippen MR) is 87.8 cm³/mol. The molecule has 0 saturated heterocycles. The van der Waals surface area contributed by atoms with E-state index in [4.69, 9.17) is 9.26 Å². The van der Waals surface area contributed by atoms with Gasteiger partial charge in [0, 0.05) is 18.2 Å². The van der Waals surface area contributed by atoms with Crippen LogP contribution >= 0.6 is 0 Å². The highest BCUT2D eigenvalue weighted by atomic mass is 16.5. The lowest BCUT2D eigenvalue weighted by molar-refractivity contribution is 0.0942. The van der Waals surface area contributed by atoms with Gasteiger partial charge in [0.1, 0.15) is 11.5 Å². The van der Waals surface area contributed by atoms with Gasteiger partial charge in [-0.1, -0.05) is 29.4 Å². The Balaban J connectivity index is 1.65. The van der Waals surface area contributed by atoms with E-state index in [1.165, 1.54) is 6.07 Å². The molecule has 0 aliphatic rings. The summed E-state index contributed by atoms with van der Waals surface area (Å²) >= 11 is 0. The minimum atomic E-state index is -0.332. The standard InChI is InChI=1S/C18H16N2O4/c1-23-15-7-5-12(6-8-15)11-19-18(22)16-10-17(24-20-16)13-3-2-4-14(21)9-13/h2-10,21H,11H2,1H3,(H,19,22). The van der Waals surface area contributed by atoms with Crippen LogP contribution in [0.1, 0.15) is 16.1 Å². The number of hydrogen-bond donors (Lipinski definition) is 2. The van der Waals surface area contributed by atoms with Crippen molar-refractivity contribution in [1.29, 1.82) is 0 Å². The summed E-state index contributed by atoms with van der Waals surface area (Å²) in [4.78, 5) is 12.1. The van der Waals surface area contributed by atoms with Crippen molar-refractivity contribution in [2.45, 2.75) is 6.54 Å². The summed E-state index contributed by atoms with van der Waals surface area (Å²) in [5, 5.41) is 16.0. The van der Waals surface area contributed by atoms with E-state index in [1.54, 1.807) is 31.4 Å². The van der Waals surface area contributed by atoms with E-state index in [-0.39, 0.29) is 17.4 Å². The first-order chi connectivity index (χ1) is 11.7. The molecule has 0 radical (unpaired) electrons. The van der Waals surface area contributed by atoms with Gasteiger partial charge in [0.05, 0.1) is 7.11 Å². The van der Waals surface area contributed by atoms with Gasteiger partial charge in [0.25, 0.3) is 5.91 Å². The molecule has 0 atom stereocenters. The van der Waals surface area contributed by atoms with E-state index < -0.39 is 0 Å². The van der Waals surface area contributed by atoms with Crippen LogP contribution in [0.15, 0.2) is 59.1 Å². The highest BCUT2D eigenvalue weighted by Crippen LogP contribution is 2.23. The highest BCUT2D eigenvalue weighted by Gasteiger charge is 2.13. The van der Waals surface area contributed by atoms with Crippen LogP contribution in [0.3, 0.4) is 0 Å². The van der Waals surface area contributed by atoms with E-state index >= 15 is 0 Å². The van der Waals surface area contributed by atoms with Gasteiger partial charge in [-0.15, -0.1) is 0 Å². The van der Waals surface area contributed by atoms with Crippen LogP contribution in [0.25, 0.3) is 11.3 Å². The second kappa shape index (κ2) is 6.87. The Kier molecular flexibility index (Phi) is 4.47. The number of methoxy groups -OCH3 is 1. The number of aromatic hydroxyl groups is 1. The fourth-order valence-corrected chi connectivity index (χ4v) is 2.19. The second-order valence-electron chi connectivity index (χ2n) is 5.16. The first kappa shape index (κ1) is 15.6. The topological polar surface area (TPSA) is 84.6 Å². The summed E-state index contributed by atoms with van der Waals surface area (Å²) in [6.07, 6.45) is 0. The monoisotopic (exact) mass is 324 g/mol. The number of ether oxygens (including phenoxy) is 1. The maximum atomic E-state index is 12.1. The third-order valence-electron chi connectivity index (χ3n) is 3.49. The van der Waals surface area contributed by atoms with E-state index in [0.29, 0.717) is 17.9 Å². The van der Waals surface area contributed by atoms with Gasteiger partial charge in [-0.05, 0) is 29.8 Å². The van der Waals surface area contributed by atoms with Crippen LogP contribution in [-0.4, -0.2) is 23.3 Å². The minimum Gasteiger partial charge on any atom is -0.508 e. The van der Waals surface area contributed by atoms with Crippen molar-refractivity contribution in [2.75, 3.05) is 7.11 Å². The molecule has 0 spiro atoms. The van der Waals surface area contributed by atoms with Gasteiger partial charge in [-0.3, -0.25) is 4.79 Å². The van der Waals surface area contributed by atoms with Crippen LogP contribution in [0.5, 0.6) is 11.5 Å². The van der Waals surface area contributed by atoms with Crippen LogP contribution in [-0.2, 0) is 6.54 Å². The minimum absolute atomic E-state index is 0.120. The second-order valence-corrected chi connectivity index (χ2v) is 5.16. The molecule has 3 rings (SSSR count). The summed E-state index contributed by atoms with van der Waals surface area (Å²) in [6, 6.07) is 15.5. The SMILES string of the molecule is COc1ccc(CNC(=O)c2cc(-c3cccc(O)c3)on2)cc1. The van der Waals surface area contributed by atoms with Gasteiger partial charge in [-0.25, -0.2) is 0 Å². The number of nitrogens with one attached hydrogen (secondary N) is 1. The summed E-state index contributed by atoms with van der Waals surface area (Å²) in [5.41, 5.74) is 1.78. The molecule has 0 bridgehead atoms. The van der Waals surface area contributed by atoms with Gasteiger partial charge in [-0.2, -0.15) is 0 Å². The molecule has 6 nitrogen and oxygen atoms in total. The van der Waals surface area contributed by atoms with Gasteiger partial charge >= 0.3 is 0 Å². The zero-order chi connectivity index (χ0) is 16.9. The molecule has 1 aromatic heterocycles. The average Bonchev–Trinajstić information content (AvgIpc) is 3.10. The van der Waals surface area contributed by atoms with E-state index in [9.17, 15) is 9.90 Å². The fourth-order valence-electron chi connectivity index (χ4n) is 2.19. The summed E-state index contributed by atoms with van der Waals surface area (Å²) < 4.78 is 10.3. The molecule has 0 aliphatic heterocycles. The molecule has 0 fully saturated rings. The number of hydrogen-bond acceptors (Lipinski definition) is 5. The smallest absolute Gasteiger partial charge is 0.273 e. The van der Waals surface area contributed by atoms with Crippen molar-refractivity contribution < 1.29 is 19.2 Å². The number of nitrogens with zero attached hydrogens (tertiary/aromatic N) is 1. The third kappa shape index (κ3) is 3.55. The van der Waals surface area contributed by atoms with Crippen molar-refractivity contribution in [2.24, 2.45) is 0 Å². The third-order valence-corrected chi connectivity index (χ3v) is 3.49. The van der Waals surface area contributed by atoms with Gasteiger partial charge in [0.2, 0.25) is 0 Å². The average molecular weight is 324 g/mol. The van der Waals surface area contributed by atoms with Crippen LogP contribution in [0.2, 0.25) is 0 Å². The first-order valence-corrected chi connectivity index (χ1v) is 7.33. The normalized spacial score (nSPS) is 10.4. The Bertz CT molecular complexity index is 840. The number of phenolic OH excluding ortho intramolecular Hbond substituents is 1. The predicted octanol–water partition coefficient (Wildman–Crippen LogP) is 2.99. The van der Waals surface area contributed by atoms with Crippen molar-refractivity contribution in [3.63, 3.8) is 0 Å². The molecule has 0 unspecified atom stereocenters. The molecule has 3 aromatic rings. The molecule has 1 heterocycles. The number of amides is 1. The van der Waals surface area contributed by atoms with Crippen LogP contribution < -0.4 is 10.1 Å². The lowest BCUT2D eigenvalue weighted by Gasteiger charge is -2.04. The lowest BCUT2D eigenvalue weighted by atomic mass is 10.1. The number of aromatic nitrogens is 1. The lowest BCUT2D eigenvalue weighted by Crippen LogP contribution is -2.22. The Morgan fingerprint density at radius 2 is 2.00 bits per heavy atom. The molecule has 24 heavy (non-hydrogen) atoms. The maximum absolute atomic E-state index is 12.1. The quantitative estimate of drug-likeness (QED) is 0.753. The van der Waals surface area contributed by atoms with E-state index in [2.05, 4.69) is 10.5 Å². The molecule has 122 valence electrons. The molecule has 6 heteroatoms. The Labute approximate surface area is 138 Å². The van der Waals surface area contributed by atoms with Gasteiger partial charge < -0.3 is 19.7 Å². The molecule has 2 N–H and O–H groups in total. The largest absolute Gasteiger partial charge is 0.508 e. The first-order valence-electron chi connectivity index (χ1n) is 7.33. The Morgan fingerprint density at radius 1 is 1.21 bits per heavy atom. The van der Waals surface area contributed by atoms with Crippen molar-refractivity contribution in [1.82, 2.24) is 10.5 Å². The summed E-state index contributed by atoms with van der Waals surface area (Å²) in [7, 11) is 1.60. The maximum Gasteiger partial charge on any atom is 0.273 e. The molecular formula is C18H16N2O4. The molecule has 2 aromatic carbocycles. The van der Waals surface area contributed by atoms with Crippen LogP contribution in [0, 0.1) is 0 Å². The molecule has 0 aliphatic carbocycles. The molecule has 0 saturated carbocycles. The van der Waals surface area contributed by atoms with E-state index in [1.807, 2.05) is 24.3 Å². The highest BCUT2D eigenvalue weighted by molar-refractivity contribution is 5.93. The van der Waals surface area contributed by atoms with Gasteiger partial charge in [0.15, 0.2) is 11.5 Å². The Hall–Kier alpha value is -3.28. The number of rotatable bonds is 5. The summed E-state index contributed by atoms with van der Waals surface area (Å²) in [6.45, 7) is 0.372. The van der Waals surface area contributed by atoms with Crippen molar-refractivity contribution in [3.05, 3.63) is 65.9 Å². The fraction of sp³-hybridized carbons (Fsp3) is 0.111. The molecule has 1 amide bonds. The zero-order valence-corrected chi connectivity index (χ0v) is 13.0.